The fourth-order valence-corrected chi connectivity index (χ4v) is 6.41. The first-order valence-corrected chi connectivity index (χ1v) is 12.9. The van der Waals surface area contributed by atoms with Gasteiger partial charge in [0.25, 0.3) is 0 Å². The lowest BCUT2D eigenvalue weighted by molar-refractivity contribution is 0.0600. The third-order valence-corrected chi connectivity index (χ3v) is 8.26. The fraction of sp³-hybridized carbons (Fsp3) is 0.621. The van der Waals surface area contributed by atoms with Crippen molar-refractivity contribution in [2.45, 2.75) is 89.9 Å². The van der Waals surface area contributed by atoms with Crippen LogP contribution in [0.4, 0.5) is 4.39 Å². The van der Waals surface area contributed by atoms with E-state index in [1.165, 1.54) is 95.8 Å². The predicted octanol–water partition coefficient (Wildman–Crippen LogP) is 8.43. The minimum absolute atomic E-state index is 0.271. The molecule has 174 valence electrons. The van der Waals surface area contributed by atoms with Crippen molar-refractivity contribution in [1.82, 2.24) is 0 Å². The molecule has 2 fully saturated rings. The molecule has 2 saturated carbocycles. The highest BCUT2D eigenvalue weighted by Gasteiger charge is 2.35. The zero-order valence-corrected chi connectivity index (χ0v) is 19.9. The molecule has 3 heteroatoms. The Labute approximate surface area is 192 Å². The molecule has 0 saturated heterocycles. The number of esters is 1. The van der Waals surface area contributed by atoms with Crippen LogP contribution in [0.5, 0.6) is 0 Å². The van der Waals surface area contributed by atoms with E-state index in [1.54, 1.807) is 6.07 Å². The second-order valence-electron chi connectivity index (χ2n) is 10.3. The zero-order chi connectivity index (χ0) is 22.5. The smallest absolute Gasteiger partial charge is 0.337 e. The van der Waals surface area contributed by atoms with Crippen molar-refractivity contribution in [3.05, 3.63) is 47.3 Å². The van der Waals surface area contributed by atoms with E-state index in [9.17, 15) is 9.18 Å². The van der Waals surface area contributed by atoms with Crippen molar-refractivity contribution >= 4 is 16.7 Å². The molecular formula is C29H39FO2. The van der Waals surface area contributed by atoms with Gasteiger partial charge in [0, 0.05) is 5.39 Å². The molecule has 2 aromatic rings. The van der Waals surface area contributed by atoms with Crippen LogP contribution in [-0.4, -0.2) is 13.1 Å². The van der Waals surface area contributed by atoms with Gasteiger partial charge in [0.05, 0.1) is 12.7 Å². The summed E-state index contributed by atoms with van der Waals surface area (Å²) < 4.78 is 19.5. The first-order chi connectivity index (χ1) is 15.6. The Balaban J connectivity index is 1.36. The second kappa shape index (κ2) is 10.8. The van der Waals surface area contributed by atoms with E-state index < -0.39 is 5.97 Å². The van der Waals surface area contributed by atoms with Crippen LogP contribution in [0.1, 0.15) is 106 Å². The quantitative estimate of drug-likeness (QED) is 0.305. The Morgan fingerprint density at radius 3 is 2.56 bits per heavy atom. The molecule has 0 bridgehead atoms. The van der Waals surface area contributed by atoms with Crippen LogP contribution in [0.15, 0.2) is 30.3 Å². The number of hydrogen-bond donors (Lipinski definition) is 0. The van der Waals surface area contributed by atoms with Crippen LogP contribution in [0, 0.1) is 23.6 Å². The van der Waals surface area contributed by atoms with Crippen molar-refractivity contribution in [1.29, 1.82) is 0 Å². The number of methoxy groups -OCH3 is 1. The number of carbonyl (C=O) groups excluding carboxylic acids is 1. The van der Waals surface area contributed by atoms with Gasteiger partial charge in [0.2, 0.25) is 0 Å². The molecule has 2 nitrogen and oxygen atoms in total. The molecule has 0 aromatic heterocycles. The Bertz CT molecular complexity index is 921. The molecule has 0 radical (unpaired) electrons. The van der Waals surface area contributed by atoms with Crippen molar-refractivity contribution in [2.24, 2.45) is 17.8 Å². The highest BCUT2D eigenvalue weighted by Crippen LogP contribution is 2.48. The molecule has 0 heterocycles. The molecule has 0 amide bonds. The summed E-state index contributed by atoms with van der Waals surface area (Å²) in [4.78, 5) is 11.8. The van der Waals surface area contributed by atoms with Crippen molar-refractivity contribution in [3.8, 4) is 0 Å². The van der Waals surface area contributed by atoms with Gasteiger partial charge in [-0.05, 0) is 84.9 Å². The predicted molar refractivity (Wildman–Crippen MR) is 130 cm³/mol. The topological polar surface area (TPSA) is 26.3 Å². The maximum absolute atomic E-state index is 14.8. The van der Waals surface area contributed by atoms with Crippen LogP contribution < -0.4 is 0 Å². The highest BCUT2D eigenvalue weighted by atomic mass is 19.1. The monoisotopic (exact) mass is 438 g/mol. The van der Waals surface area contributed by atoms with Gasteiger partial charge >= 0.3 is 5.97 Å². The average molecular weight is 439 g/mol. The minimum atomic E-state index is -0.496. The van der Waals surface area contributed by atoms with E-state index in [1.807, 2.05) is 12.1 Å². The van der Waals surface area contributed by atoms with E-state index in [0.717, 1.165) is 23.1 Å². The number of unbranched alkanes of at least 4 members (excludes halogenated alkanes) is 4. The van der Waals surface area contributed by atoms with E-state index in [-0.39, 0.29) is 11.4 Å². The summed E-state index contributed by atoms with van der Waals surface area (Å²) >= 11 is 0. The second-order valence-corrected chi connectivity index (χ2v) is 10.3. The lowest BCUT2D eigenvalue weighted by Gasteiger charge is -2.42. The largest absolute Gasteiger partial charge is 0.465 e. The van der Waals surface area contributed by atoms with Crippen LogP contribution in [0.2, 0.25) is 0 Å². The van der Waals surface area contributed by atoms with Gasteiger partial charge in [-0.3, -0.25) is 0 Å². The van der Waals surface area contributed by atoms with Crippen LogP contribution in [-0.2, 0) is 4.74 Å². The lowest BCUT2D eigenvalue weighted by atomic mass is 9.63. The zero-order valence-electron chi connectivity index (χ0n) is 19.9. The van der Waals surface area contributed by atoms with Crippen molar-refractivity contribution in [3.63, 3.8) is 0 Å². The van der Waals surface area contributed by atoms with Crippen LogP contribution >= 0.6 is 0 Å². The molecule has 2 unspecified atom stereocenters. The molecular weight excluding hydrogens is 399 g/mol. The standard InChI is InChI=1S/C29H39FO2/c1-3-4-5-6-7-8-20-9-10-22-16-23(12-11-21(22)15-20)24-13-14-25-17-26(29(31)32-2)19-28(30)27(25)18-24/h13-14,17-23H,3-12,15-16H2,1-2H3/t20?,21-,22+,23?/m0/s1. The van der Waals surface area contributed by atoms with Gasteiger partial charge in [-0.2, -0.15) is 0 Å². The average Bonchev–Trinajstić information content (AvgIpc) is 2.82. The Morgan fingerprint density at radius 1 is 0.969 bits per heavy atom. The summed E-state index contributed by atoms with van der Waals surface area (Å²) in [6.45, 7) is 2.28. The number of halogens is 1. The highest BCUT2D eigenvalue weighted by molar-refractivity contribution is 5.95. The summed E-state index contributed by atoms with van der Waals surface area (Å²) in [5, 5.41) is 1.38. The van der Waals surface area contributed by atoms with Crippen molar-refractivity contribution in [2.75, 3.05) is 7.11 Å². The summed E-state index contributed by atoms with van der Waals surface area (Å²) in [5.41, 5.74) is 1.53. The number of fused-ring (bicyclic) bond motifs is 2. The normalized spacial score (nSPS) is 25.5. The van der Waals surface area contributed by atoms with Gasteiger partial charge in [-0.1, -0.05) is 64.0 Å². The van der Waals surface area contributed by atoms with E-state index in [2.05, 4.69) is 13.0 Å². The number of carbonyl (C=O) groups is 1. The summed E-state index contributed by atoms with van der Waals surface area (Å²) in [6.07, 6.45) is 16.4. The minimum Gasteiger partial charge on any atom is -0.465 e. The first kappa shape index (κ1) is 23.3. The number of rotatable bonds is 8. The van der Waals surface area contributed by atoms with E-state index >= 15 is 0 Å². The third kappa shape index (κ3) is 5.35. The fourth-order valence-electron chi connectivity index (χ4n) is 6.41. The van der Waals surface area contributed by atoms with Gasteiger partial charge in [-0.25, -0.2) is 9.18 Å². The van der Waals surface area contributed by atoms with Crippen LogP contribution in [0.25, 0.3) is 10.8 Å². The van der Waals surface area contributed by atoms with E-state index in [0.29, 0.717) is 11.3 Å². The SMILES string of the molecule is CCCCCCCC1CC[C@@H]2CC(c3ccc4cc(C(=O)OC)cc(F)c4c3)CC[C@H]2C1. The molecule has 4 rings (SSSR count). The first-order valence-electron chi connectivity index (χ1n) is 12.9. The molecule has 0 spiro atoms. The Hall–Kier alpha value is -1.90. The van der Waals surface area contributed by atoms with Gasteiger partial charge in [0.1, 0.15) is 5.82 Å². The number of ether oxygens (including phenoxy) is 1. The Kier molecular flexibility index (Phi) is 7.86. The summed E-state index contributed by atoms with van der Waals surface area (Å²) in [7, 11) is 1.32. The molecule has 2 aliphatic rings. The summed E-state index contributed by atoms with van der Waals surface area (Å²) in [6, 6.07) is 9.18. The number of benzene rings is 2. The van der Waals surface area contributed by atoms with Gasteiger partial charge in [-0.15, -0.1) is 0 Å². The maximum atomic E-state index is 14.8. The number of hydrogen-bond acceptors (Lipinski definition) is 2. The Morgan fingerprint density at radius 2 is 1.75 bits per heavy atom. The molecule has 4 atom stereocenters. The molecule has 32 heavy (non-hydrogen) atoms. The molecule has 2 aromatic carbocycles. The maximum Gasteiger partial charge on any atom is 0.337 e. The third-order valence-electron chi connectivity index (χ3n) is 8.26. The van der Waals surface area contributed by atoms with Crippen LogP contribution in [0.3, 0.4) is 0 Å². The van der Waals surface area contributed by atoms with Crippen molar-refractivity contribution < 1.29 is 13.9 Å². The van der Waals surface area contributed by atoms with Gasteiger partial charge in [0.15, 0.2) is 0 Å². The van der Waals surface area contributed by atoms with Gasteiger partial charge < -0.3 is 4.74 Å². The molecule has 0 aliphatic heterocycles. The lowest BCUT2D eigenvalue weighted by Crippen LogP contribution is -2.30. The summed E-state index contributed by atoms with van der Waals surface area (Å²) in [5.74, 6) is 2.40. The molecule has 2 aliphatic carbocycles. The van der Waals surface area contributed by atoms with E-state index in [4.69, 9.17) is 4.74 Å². The molecule has 0 N–H and O–H groups in total.